The van der Waals surface area contributed by atoms with Gasteiger partial charge >= 0.3 is 0 Å². The first-order valence-corrected chi connectivity index (χ1v) is 24.9. The lowest BCUT2D eigenvalue weighted by atomic mass is 9.68. The number of hydrogen-bond donors (Lipinski definition) is 0. The third kappa shape index (κ3) is 6.25. The maximum atomic E-state index is 2.44. The van der Waals surface area contributed by atoms with E-state index < -0.39 is 5.41 Å². The number of rotatable bonds is 8. The van der Waals surface area contributed by atoms with E-state index in [-0.39, 0.29) is 0 Å². The first kappa shape index (κ1) is 40.3. The molecule has 0 atom stereocenters. The van der Waals surface area contributed by atoms with E-state index >= 15 is 0 Å². The summed E-state index contributed by atoms with van der Waals surface area (Å²) in [5, 5.41) is 5.15. The van der Waals surface area contributed by atoms with E-state index in [1.807, 2.05) is 11.3 Å². The minimum atomic E-state index is -0.471. The fraction of sp³-hybridized carbons (Fsp3) is 0.0149. The molecule has 2 aromatic heterocycles. The number of para-hydroxylation sites is 2. The van der Waals surface area contributed by atoms with Gasteiger partial charge in [0.05, 0.1) is 16.4 Å². The van der Waals surface area contributed by atoms with E-state index in [2.05, 4.69) is 276 Å². The molecular formula is C67H44N2S. The summed E-state index contributed by atoms with van der Waals surface area (Å²) in [6.45, 7) is 0. The third-order valence-corrected chi connectivity index (χ3v) is 15.8. The number of aromatic nitrogens is 1. The number of fused-ring (bicyclic) bond motifs is 9. The number of hydrogen-bond acceptors (Lipinski definition) is 2. The van der Waals surface area contributed by atoms with E-state index in [1.54, 1.807) is 0 Å². The quantitative estimate of drug-likeness (QED) is 0.147. The zero-order valence-corrected chi connectivity index (χ0v) is 39.0. The van der Waals surface area contributed by atoms with E-state index in [9.17, 15) is 0 Å². The molecule has 0 amide bonds. The van der Waals surface area contributed by atoms with Crippen LogP contribution in [0.1, 0.15) is 22.3 Å². The third-order valence-electron chi connectivity index (χ3n) is 14.7. The summed E-state index contributed by atoms with van der Waals surface area (Å²) in [5.41, 5.74) is 18.7. The van der Waals surface area contributed by atoms with Gasteiger partial charge in [0.1, 0.15) is 0 Å². The van der Waals surface area contributed by atoms with Crippen LogP contribution < -0.4 is 4.90 Å². The lowest BCUT2D eigenvalue weighted by Crippen LogP contribution is -2.28. The fourth-order valence-electron chi connectivity index (χ4n) is 11.6. The molecule has 0 N–H and O–H groups in total. The van der Waals surface area contributed by atoms with Crippen LogP contribution in [0, 0.1) is 0 Å². The van der Waals surface area contributed by atoms with Gasteiger partial charge in [0, 0.05) is 53.7 Å². The SMILES string of the molecule is c1ccc(C2(c3ccccc3)c3ccccc3-c3cc(N(c4ccc(-c5ccc(-n6c7ccccc7c7ccccc76)cc5)cc4)c4cccc(-c5ccc6sc7ccccc7c6c5)c4)ccc32)cc1. The maximum Gasteiger partial charge on any atom is 0.0713 e. The van der Waals surface area contributed by atoms with Gasteiger partial charge in [-0.2, -0.15) is 0 Å². The zero-order chi connectivity index (χ0) is 46.2. The second kappa shape index (κ2) is 16.2. The molecule has 2 nitrogen and oxygen atoms in total. The minimum Gasteiger partial charge on any atom is -0.310 e. The van der Waals surface area contributed by atoms with Crippen LogP contribution in [0.4, 0.5) is 17.1 Å². The summed E-state index contributed by atoms with van der Waals surface area (Å²) < 4.78 is 5.01. The van der Waals surface area contributed by atoms with Crippen molar-refractivity contribution in [3.8, 4) is 39.1 Å². The Bertz CT molecular complexity index is 4020. The fourth-order valence-corrected chi connectivity index (χ4v) is 12.6. The van der Waals surface area contributed by atoms with Gasteiger partial charge < -0.3 is 9.47 Å². The Hall–Kier alpha value is -8.76. The average Bonchev–Trinajstić information content (AvgIpc) is 4.08. The number of benzene rings is 11. The van der Waals surface area contributed by atoms with Crippen molar-refractivity contribution in [2.45, 2.75) is 5.41 Å². The highest BCUT2D eigenvalue weighted by atomic mass is 32.1. The lowest BCUT2D eigenvalue weighted by molar-refractivity contribution is 0.768. The first-order chi connectivity index (χ1) is 34.7. The van der Waals surface area contributed by atoms with Crippen LogP contribution in [0.2, 0.25) is 0 Å². The lowest BCUT2D eigenvalue weighted by Gasteiger charge is -2.34. The van der Waals surface area contributed by atoms with Crippen LogP contribution >= 0.6 is 11.3 Å². The minimum absolute atomic E-state index is 0.471. The largest absolute Gasteiger partial charge is 0.310 e. The standard InChI is InChI=1S/C67H44N2S/c1-3-17-49(18-4-1)67(50-19-5-2-6-20-50)61-26-11-7-22-55(61)59-44-54(39-40-62(59)67)68(53-21-15-16-47(42-53)48-34-41-66-60(43-48)58-25-10-14-29-65(58)70-66)51-35-30-45(31-36-51)46-32-37-52(38-33-46)69-63-27-12-8-23-56(63)57-24-9-13-28-64(57)69/h1-44H. The smallest absolute Gasteiger partial charge is 0.0713 e. The molecule has 70 heavy (non-hydrogen) atoms. The van der Waals surface area contributed by atoms with Crippen LogP contribution in [0.5, 0.6) is 0 Å². The molecule has 0 bridgehead atoms. The Morgan fingerprint density at radius 1 is 0.314 bits per heavy atom. The Morgan fingerprint density at radius 3 is 1.56 bits per heavy atom. The van der Waals surface area contributed by atoms with Crippen molar-refractivity contribution < 1.29 is 0 Å². The molecule has 0 aliphatic heterocycles. The van der Waals surface area contributed by atoms with Gasteiger partial charge in [0.15, 0.2) is 0 Å². The molecule has 0 saturated carbocycles. The number of thiophene rings is 1. The molecule has 3 heteroatoms. The molecule has 0 radical (unpaired) electrons. The summed E-state index contributed by atoms with van der Waals surface area (Å²) in [5.74, 6) is 0. The molecular weight excluding hydrogens is 865 g/mol. The van der Waals surface area contributed by atoms with Crippen molar-refractivity contribution in [1.82, 2.24) is 4.57 Å². The van der Waals surface area contributed by atoms with Gasteiger partial charge in [-0.1, -0.05) is 188 Å². The number of nitrogens with zero attached hydrogens (tertiary/aromatic N) is 2. The van der Waals surface area contributed by atoms with Gasteiger partial charge in [-0.25, -0.2) is 0 Å². The number of anilines is 3. The topological polar surface area (TPSA) is 8.17 Å². The van der Waals surface area contributed by atoms with Gasteiger partial charge in [0.25, 0.3) is 0 Å². The summed E-state index contributed by atoms with van der Waals surface area (Å²) >= 11 is 1.86. The molecule has 11 aromatic carbocycles. The van der Waals surface area contributed by atoms with Crippen molar-refractivity contribution in [2.24, 2.45) is 0 Å². The molecule has 13 aromatic rings. The van der Waals surface area contributed by atoms with Crippen LogP contribution in [0.15, 0.2) is 267 Å². The van der Waals surface area contributed by atoms with Gasteiger partial charge in [0.2, 0.25) is 0 Å². The summed E-state index contributed by atoms with van der Waals surface area (Å²) in [6.07, 6.45) is 0. The molecule has 14 rings (SSSR count). The molecule has 2 heterocycles. The first-order valence-electron chi connectivity index (χ1n) is 24.1. The average molecular weight is 909 g/mol. The normalized spacial score (nSPS) is 12.7. The molecule has 0 unspecified atom stereocenters. The maximum absolute atomic E-state index is 2.44. The van der Waals surface area contributed by atoms with E-state index in [0.717, 1.165) is 22.7 Å². The van der Waals surface area contributed by atoms with Gasteiger partial charge in [-0.3, -0.25) is 0 Å². The van der Waals surface area contributed by atoms with Crippen LogP contribution in [-0.4, -0.2) is 4.57 Å². The molecule has 0 saturated heterocycles. The molecule has 1 aliphatic rings. The Labute approximate surface area is 411 Å². The van der Waals surface area contributed by atoms with E-state index in [0.29, 0.717) is 0 Å². The van der Waals surface area contributed by atoms with Crippen molar-refractivity contribution in [3.05, 3.63) is 289 Å². The summed E-state index contributed by atoms with van der Waals surface area (Å²) in [6, 6.07) is 98.6. The van der Waals surface area contributed by atoms with Crippen molar-refractivity contribution in [1.29, 1.82) is 0 Å². The summed E-state index contributed by atoms with van der Waals surface area (Å²) in [7, 11) is 0. The highest BCUT2D eigenvalue weighted by molar-refractivity contribution is 7.25. The van der Waals surface area contributed by atoms with Crippen molar-refractivity contribution >= 4 is 70.4 Å². The zero-order valence-electron chi connectivity index (χ0n) is 38.2. The Morgan fingerprint density at radius 2 is 0.843 bits per heavy atom. The molecule has 1 aliphatic carbocycles. The van der Waals surface area contributed by atoms with Crippen LogP contribution in [0.25, 0.3) is 81.0 Å². The molecule has 328 valence electrons. The van der Waals surface area contributed by atoms with Crippen molar-refractivity contribution in [3.63, 3.8) is 0 Å². The predicted molar refractivity (Wildman–Crippen MR) is 297 cm³/mol. The van der Waals surface area contributed by atoms with Gasteiger partial charge in [-0.15, -0.1) is 11.3 Å². The Balaban J connectivity index is 0.904. The summed E-state index contributed by atoms with van der Waals surface area (Å²) in [4.78, 5) is 2.44. The van der Waals surface area contributed by atoms with Crippen LogP contribution in [-0.2, 0) is 5.41 Å². The Kier molecular flexibility index (Phi) is 9.33. The van der Waals surface area contributed by atoms with E-state index in [1.165, 1.54) is 97.6 Å². The van der Waals surface area contributed by atoms with Gasteiger partial charge in [-0.05, 0) is 134 Å². The second-order valence-corrected chi connectivity index (χ2v) is 19.5. The molecule has 0 fully saturated rings. The highest BCUT2D eigenvalue weighted by Gasteiger charge is 2.46. The second-order valence-electron chi connectivity index (χ2n) is 18.4. The molecule has 0 spiro atoms. The van der Waals surface area contributed by atoms with Crippen molar-refractivity contribution in [2.75, 3.05) is 4.90 Å². The highest BCUT2D eigenvalue weighted by Crippen LogP contribution is 2.57. The monoisotopic (exact) mass is 908 g/mol. The van der Waals surface area contributed by atoms with E-state index in [4.69, 9.17) is 0 Å². The van der Waals surface area contributed by atoms with Crippen LogP contribution in [0.3, 0.4) is 0 Å². The predicted octanol–water partition coefficient (Wildman–Crippen LogP) is 18.3.